The van der Waals surface area contributed by atoms with Gasteiger partial charge in [-0.3, -0.25) is 0 Å². The second kappa shape index (κ2) is 6.86. The van der Waals surface area contributed by atoms with Gasteiger partial charge in [-0.1, -0.05) is 42.1 Å². The molecule has 0 aliphatic heterocycles. The highest BCUT2D eigenvalue weighted by atomic mass is 32.2. The first-order chi connectivity index (χ1) is 12.3. The summed E-state index contributed by atoms with van der Waals surface area (Å²) in [5.74, 6) is 1.53. The number of thioether (sulfide) groups is 1. The van der Waals surface area contributed by atoms with Crippen LogP contribution in [-0.2, 0) is 5.75 Å². The van der Waals surface area contributed by atoms with Gasteiger partial charge < -0.3 is 4.42 Å². The molecule has 2 aromatic heterocycles. The van der Waals surface area contributed by atoms with E-state index >= 15 is 0 Å². The third kappa shape index (κ3) is 3.43. The molecule has 8 heteroatoms. The Morgan fingerprint density at radius 1 is 1.00 bits per heavy atom. The van der Waals surface area contributed by atoms with Crippen molar-refractivity contribution in [3.8, 4) is 17.1 Å². The van der Waals surface area contributed by atoms with E-state index in [9.17, 15) is 0 Å². The van der Waals surface area contributed by atoms with Gasteiger partial charge in [-0.25, -0.2) is 0 Å². The smallest absolute Gasteiger partial charge is 0.247 e. The highest BCUT2D eigenvalue weighted by molar-refractivity contribution is 7.98. The van der Waals surface area contributed by atoms with E-state index in [4.69, 9.17) is 4.42 Å². The zero-order valence-electron chi connectivity index (χ0n) is 13.4. The molecule has 7 nitrogen and oxygen atoms in total. The van der Waals surface area contributed by atoms with Gasteiger partial charge in [-0.2, -0.15) is 4.68 Å². The van der Waals surface area contributed by atoms with Crippen molar-refractivity contribution in [2.24, 2.45) is 0 Å². The number of nitrogens with zero attached hydrogens (tertiary/aromatic N) is 6. The summed E-state index contributed by atoms with van der Waals surface area (Å²) in [6.07, 6.45) is 0. The van der Waals surface area contributed by atoms with Crippen molar-refractivity contribution in [1.82, 2.24) is 30.4 Å². The van der Waals surface area contributed by atoms with Crippen LogP contribution in [0.1, 0.15) is 11.5 Å². The van der Waals surface area contributed by atoms with Gasteiger partial charge in [-0.15, -0.1) is 15.3 Å². The fourth-order valence-corrected chi connectivity index (χ4v) is 3.05. The summed E-state index contributed by atoms with van der Waals surface area (Å²) in [5.41, 5.74) is 2.97. The Morgan fingerprint density at radius 2 is 1.88 bits per heavy atom. The lowest BCUT2D eigenvalue weighted by molar-refractivity contribution is 0.528. The summed E-state index contributed by atoms with van der Waals surface area (Å²) in [6.45, 7) is 2.03. The lowest BCUT2D eigenvalue weighted by Crippen LogP contribution is -1.99. The standard InChI is InChI=1S/C17H14N6OS/c1-12-6-5-9-14(10-12)23-17(20-21-22-23)25-11-15-18-19-16(24-15)13-7-3-2-4-8-13/h2-10H,11H2,1H3. The summed E-state index contributed by atoms with van der Waals surface area (Å²) in [4.78, 5) is 0. The van der Waals surface area contributed by atoms with Gasteiger partial charge in [-0.05, 0) is 47.2 Å². The minimum Gasteiger partial charge on any atom is -0.420 e. The van der Waals surface area contributed by atoms with Gasteiger partial charge in [0.25, 0.3) is 0 Å². The molecule has 0 spiro atoms. The second-order valence-electron chi connectivity index (χ2n) is 5.37. The molecule has 0 saturated heterocycles. The van der Waals surface area contributed by atoms with Crippen LogP contribution in [0, 0.1) is 6.92 Å². The van der Waals surface area contributed by atoms with Crippen molar-refractivity contribution in [2.45, 2.75) is 17.8 Å². The molecule has 0 atom stereocenters. The number of benzene rings is 2. The lowest BCUT2D eigenvalue weighted by atomic mass is 10.2. The summed E-state index contributed by atoms with van der Waals surface area (Å²) in [7, 11) is 0. The fraction of sp³-hybridized carbons (Fsp3) is 0.118. The average Bonchev–Trinajstić information content (AvgIpc) is 3.30. The van der Waals surface area contributed by atoms with Crippen molar-refractivity contribution >= 4 is 11.8 Å². The maximum absolute atomic E-state index is 5.71. The molecule has 25 heavy (non-hydrogen) atoms. The Hall–Kier alpha value is -3.00. The lowest BCUT2D eigenvalue weighted by Gasteiger charge is -2.03. The van der Waals surface area contributed by atoms with E-state index in [0.29, 0.717) is 22.7 Å². The summed E-state index contributed by atoms with van der Waals surface area (Å²) in [6, 6.07) is 17.7. The molecule has 0 N–H and O–H groups in total. The summed E-state index contributed by atoms with van der Waals surface area (Å²) in [5, 5.41) is 20.8. The number of aromatic nitrogens is 6. The summed E-state index contributed by atoms with van der Waals surface area (Å²) < 4.78 is 7.41. The van der Waals surface area contributed by atoms with Crippen LogP contribution in [0.5, 0.6) is 0 Å². The molecule has 0 unspecified atom stereocenters. The van der Waals surface area contributed by atoms with Crippen molar-refractivity contribution in [1.29, 1.82) is 0 Å². The van der Waals surface area contributed by atoms with Crippen LogP contribution in [-0.4, -0.2) is 30.4 Å². The van der Waals surface area contributed by atoms with Crippen LogP contribution in [0.25, 0.3) is 17.1 Å². The zero-order chi connectivity index (χ0) is 17.1. The predicted molar refractivity (Wildman–Crippen MR) is 93.2 cm³/mol. The largest absolute Gasteiger partial charge is 0.420 e. The molecule has 0 aliphatic carbocycles. The molecule has 0 aliphatic rings. The average molecular weight is 350 g/mol. The van der Waals surface area contributed by atoms with E-state index in [1.54, 1.807) is 4.68 Å². The topological polar surface area (TPSA) is 82.5 Å². The van der Waals surface area contributed by atoms with Crippen molar-refractivity contribution < 1.29 is 4.42 Å². The van der Waals surface area contributed by atoms with Crippen molar-refractivity contribution in [3.05, 3.63) is 66.1 Å². The highest BCUT2D eigenvalue weighted by Crippen LogP contribution is 2.24. The van der Waals surface area contributed by atoms with Crippen LogP contribution < -0.4 is 0 Å². The molecule has 2 aromatic carbocycles. The number of hydrogen-bond donors (Lipinski definition) is 0. The quantitative estimate of drug-likeness (QED) is 0.511. The molecule has 4 aromatic rings. The second-order valence-corrected chi connectivity index (χ2v) is 6.31. The Morgan fingerprint density at radius 3 is 2.72 bits per heavy atom. The number of hydrogen-bond acceptors (Lipinski definition) is 7. The molecular formula is C17H14N6OS. The minimum atomic E-state index is 0.492. The van der Waals surface area contributed by atoms with Crippen molar-refractivity contribution in [2.75, 3.05) is 0 Å². The van der Waals surface area contributed by atoms with E-state index in [1.807, 2.05) is 61.5 Å². The Kier molecular flexibility index (Phi) is 4.26. The molecule has 0 radical (unpaired) electrons. The van der Waals surface area contributed by atoms with Crippen LogP contribution in [0.2, 0.25) is 0 Å². The number of rotatable bonds is 5. The van der Waals surface area contributed by atoms with Crippen LogP contribution in [0.4, 0.5) is 0 Å². The monoisotopic (exact) mass is 350 g/mol. The Balaban J connectivity index is 1.50. The zero-order valence-corrected chi connectivity index (χ0v) is 14.2. The molecule has 0 amide bonds. The van der Waals surface area contributed by atoms with Gasteiger partial charge in [0.1, 0.15) is 0 Å². The van der Waals surface area contributed by atoms with Crippen LogP contribution in [0.15, 0.2) is 64.2 Å². The third-order valence-corrected chi connectivity index (χ3v) is 4.40. The van der Waals surface area contributed by atoms with Gasteiger partial charge in [0.15, 0.2) is 0 Å². The Bertz CT molecular complexity index is 981. The fourth-order valence-electron chi connectivity index (χ4n) is 2.33. The van der Waals surface area contributed by atoms with Gasteiger partial charge in [0.05, 0.1) is 11.4 Å². The van der Waals surface area contributed by atoms with E-state index in [0.717, 1.165) is 16.8 Å². The van der Waals surface area contributed by atoms with Crippen LogP contribution >= 0.6 is 11.8 Å². The van der Waals surface area contributed by atoms with Gasteiger partial charge >= 0.3 is 0 Å². The first kappa shape index (κ1) is 15.5. The van der Waals surface area contributed by atoms with E-state index in [-0.39, 0.29) is 0 Å². The van der Waals surface area contributed by atoms with Gasteiger partial charge in [0, 0.05) is 5.56 Å². The number of aryl methyl sites for hydroxylation is 1. The molecule has 124 valence electrons. The number of tetrazole rings is 1. The molecule has 4 rings (SSSR count). The first-order valence-electron chi connectivity index (χ1n) is 7.65. The SMILES string of the molecule is Cc1cccc(-n2nnnc2SCc2nnc(-c3ccccc3)o2)c1. The third-order valence-electron chi connectivity index (χ3n) is 3.50. The summed E-state index contributed by atoms with van der Waals surface area (Å²) >= 11 is 1.45. The van der Waals surface area contributed by atoms with E-state index in [1.165, 1.54) is 11.8 Å². The van der Waals surface area contributed by atoms with E-state index < -0.39 is 0 Å². The Labute approximate surface area is 148 Å². The maximum atomic E-state index is 5.71. The predicted octanol–water partition coefficient (Wildman–Crippen LogP) is 3.31. The van der Waals surface area contributed by atoms with Crippen molar-refractivity contribution in [3.63, 3.8) is 0 Å². The minimum absolute atomic E-state index is 0.492. The molecule has 0 fully saturated rings. The highest BCUT2D eigenvalue weighted by Gasteiger charge is 2.13. The van der Waals surface area contributed by atoms with Gasteiger partial charge in [0.2, 0.25) is 16.9 Å². The van der Waals surface area contributed by atoms with E-state index in [2.05, 4.69) is 25.7 Å². The molecular weight excluding hydrogens is 336 g/mol. The first-order valence-corrected chi connectivity index (χ1v) is 8.64. The normalized spacial score (nSPS) is 10.9. The molecule has 0 saturated carbocycles. The molecule has 2 heterocycles. The molecule has 0 bridgehead atoms. The maximum Gasteiger partial charge on any atom is 0.247 e. The van der Waals surface area contributed by atoms with Crippen LogP contribution in [0.3, 0.4) is 0 Å².